The van der Waals surface area contributed by atoms with Crippen LogP contribution in [0.3, 0.4) is 0 Å². The third kappa shape index (κ3) is 3.50. The van der Waals surface area contributed by atoms with Gasteiger partial charge in [0.2, 0.25) is 5.91 Å². The fourth-order valence-corrected chi connectivity index (χ4v) is 4.19. The van der Waals surface area contributed by atoms with Gasteiger partial charge in [-0.1, -0.05) is 11.6 Å². The van der Waals surface area contributed by atoms with Crippen LogP contribution in [0.5, 0.6) is 0 Å². The zero-order valence-electron chi connectivity index (χ0n) is 12.9. The zero-order valence-corrected chi connectivity index (χ0v) is 14.5. The zero-order chi connectivity index (χ0) is 17.1. The molecule has 0 atom stereocenters. The molecule has 2 aromatic rings. The van der Waals surface area contributed by atoms with E-state index in [1.54, 1.807) is 24.3 Å². The van der Waals surface area contributed by atoms with Crippen molar-refractivity contribution in [3.63, 3.8) is 0 Å². The van der Waals surface area contributed by atoms with Crippen molar-refractivity contribution < 1.29 is 9.59 Å². The second kappa shape index (κ2) is 7.16. The topological polar surface area (TPSA) is 70.0 Å². The lowest BCUT2D eigenvalue weighted by Crippen LogP contribution is -2.13. The predicted molar refractivity (Wildman–Crippen MR) is 94.7 cm³/mol. The molecule has 0 unspecified atom stereocenters. The monoisotopic (exact) mass is 358 g/mol. The minimum absolute atomic E-state index is 0.0922. The van der Waals surface area contributed by atoms with Crippen LogP contribution in [0, 0.1) is 11.3 Å². The first-order valence-corrected chi connectivity index (χ1v) is 8.91. The van der Waals surface area contributed by atoms with Crippen molar-refractivity contribution in [3.05, 3.63) is 50.9 Å². The summed E-state index contributed by atoms with van der Waals surface area (Å²) < 4.78 is 0. The number of rotatable bonds is 5. The van der Waals surface area contributed by atoms with Crippen LogP contribution in [0.15, 0.2) is 24.3 Å². The summed E-state index contributed by atoms with van der Waals surface area (Å²) in [6.07, 6.45) is 3.16. The van der Waals surface area contributed by atoms with Crippen molar-refractivity contribution in [1.82, 2.24) is 0 Å². The van der Waals surface area contributed by atoms with Gasteiger partial charge in [0.05, 0.1) is 5.56 Å². The molecule has 4 nitrogen and oxygen atoms in total. The van der Waals surface area contributed by atoms with Crippen LogP contribution < -0.4 is 5.32 Å². The molecule has 1 amide bonds. The molecule has 0 spiro atoms. The molecule has 0 saturated carbocycles. The molecule has 6 heteroatoms. The van der Waals surface area contributed by atoms with E-state index < -0.39 is 0 Å². The number of hydrogen-bond acceptors (Lipinski definition) is 4. The number of aryl methyl sites for hydroxylation is 1. The van der Waals surface area contributed by atoms with E-state index in [0.29, 0.717) is 21.2 Å². The number of fused-ring (bicyclic) bond motifs is 1. The maximum absolute atomic E-state index is 12.1. The highest BCUT2D eigenvalue weighted by molar-refractivity contribution is 7.16. The number of nitrogens with one attached hydrogen (secondary N) is 1. The lowest BCUT2D eigenvalue weighted by Gasteiger charge is -2.04. The van der Waals surface area contributed by atoms with Gasteiger partial charge in [-0.2, -0.15) is 5.26 Å². The van der Waals surface area contributed by atoms with Crippen LogP contribution in [-0.2, 0) is 17.6 Å². The summed E-state index contributed by atoms with van der Waals surface area (Å²) in [5.74, 6) is -0.343. The van der Waals surface area contributed by atoms with Crippen molar-refractivity contribution in [3.8, 4) is 6.07 Å². The fourth-order valence-electron chi connectivity index (χ4n) is 2.81. The summed E-state index contributed by atoms with van der Waals surface area (Å²) >= 11 is 7.27. The van der Waals surface area contributed by atoms with Crippen LogP contribution >= 0.6 is 22.9 Å². The maximum Gasteiger partial charge on any atom is 0.225 e. The molecule has 1 aromatic carbocycles. The van der Waals surface area contributed by atoms with Crippen molar-refractivity contribution in [2.45, 2.75) is 32.1 Å². The number of halogens is 1. The first-order chi connectivity index (χ1) is 11.6. The van der Waals surface area contributed by atoms with Gasteiger partial charge < -0.3 is 5.32 Å². The highest BCUT2D eigenvalue weighted by Gasteiger charge is 2.23. The number of hydrogen-bond donors (Lipinski definition) is 1. The molecule has 0 bridgehead atoms. The number of nitriles is 1. The number of amides is 1. The molecule has 24 heavy (non-hydrogen) atoms. The van der Waals surface area contributed by atoms with E-state index in [4.69, 9.17) is 11.6 Å². The summed E-state index contributed by atoms with van der Waals surface area (Å²) in [4.78, 5) is 25.4. The average molecular weight is 359 g/mol. The average Bonchev–Trinajstić information content (AvgIpc) is 3.13. The molecule has 122 valence electrons. The molecule has 1 aliphatic rings. The fraction of sp³-hybridized carbons (Fsp3) is 0.278. The van der Waals surface area contributed by atoms with E-state index in [2.05, 4.69) is 11.4 Å². The second-order valence-electron chi connectivity index (χ2n) is 5.65. The Bertz CT molecular complexity index is 834. The molecule has 0 fully saturated rings. The van der Waals surface area contributed by atoms with E-state index in [9.17, 15) is 14.9 Å². The number of carbonyl (C=O) groups excluding carboxylic acids is 2. The van der Waals surface area contributed by atoms with Gasteiger partial charge in [0, 0.05) is 28.3 Å². The molecule has 1 N–H and O–H groups in total. The molecule has 0 radical (unpaired) electrons. The SMILES string of the molecule is N#Cc1c(NC(=O)CCC(=O)c2ccc(Cl)cc2)sc2c1CCC2. The first-order valence-electron chi connectivity index (χ1n) is 7.71. The lowest BCUT2D eigenvalue weighted by molar-refractivity contribution is -0.116. The van der Waals surface area contributed by atoms with Crippen molar-refractivity contribution in [2.75, 3.05) is 5.32 Å². The predicted octanol–water partition coefficient (Wildman–Crippen LogP) is 4.36. The highest BCUT2D eigenvalue weighted by Crippen LogP contribution is 2.38. The first kappa shape index (κ1) is 16.7. The van der Waals surface area contributed by atoms with Gasteiger partial charge in [0.25, 0.3) is 0 Å². The minimum atomic E-state index is -0.242. The van der Waals surface area contributed by atoms with Gasteiger partial charge in [0.15, 0.2) is 5.78 Å². The molecule has 1 aromatic heterocycles. The minimum Gasteiger partial charge on any atom is -0.317 e. The summed E-state index contributed by atoms with van der Waals surface area (Å²) in [5, 5.41) is 13.3. The number of ketones is 1. The third-order valence-corrected chi connectivity index (χ3v) is 5.49. The van der Waals surface area contributed by atoms with E-state index in [-0.39, 0.29) is 24.5 Å². The van der Waals surface area contributed by atoms with Gasteiger partial charge in [-0.15, -0.1) is 11.3 Å². The Morgan fingerprint density at radius 3 is 2.67 bits per heavy atom. The highest BCUT2D eigenvalue weighted by atomic mass is 35.5. The van der Waals surface area contributed by atoms with Gasteiger partial charge in [0.1, 0.15) is 11.1 Å². The number of Topliss-reactive ketones (excluding diaryl/α,β-unsaturated/α-hetero) is 1. The Labute approximate surface area is 149 Å². The van der Waals surface area contributed by atoms with E-state index in [0.717, 1.165) is 24.8 Å². The van der Waals surface area contributed by atoms with E-state index in [1.807, 2.05) is 0 Å². The van der Waals surface area contributed by atoms with E-state index >= 15 is 0 Å². The van der Waals surface area contributed by atoms with Crippen LogP contribution in [0.25, 0.3) is 0 Å². The number of carbonyl (C=O) groups is 2. The molecule has 1 aliphatic carbocycles. The summed E-state index contributed by atoms with van der Waals surface area (Å²) in [6.45, 7) is 0. The smallest absolute Gasteiger partial charge is 0.225 e. The largest absolute Gasteiger partial charge is 0.317 e. The van der Waals surface area contributed by atoms with Gasteiger partial charge in [-0.3, -0.25) is 9.59 Å². The van der Waals surface area contributed by atoms with Crippen molar-refractivity contribution in [1.29, 1.82) is 5.26 Å². The number of thiophene rings is 1. The number of anilines is 1. The number of nitrogens with zero attached hydrogens (tertiary/aromatic N) is 1. The van der Waals surface area contributed by atoms with Gasteiger partial charge in [-0.05, 0) is 49.1 Å². The van der Waals surface area contributed by atoms with Crippen LogP contribution in [0.2, 0.25) is 5.02 Å². The molecular formula is C18H15ClN2O2S. The maximum atomic E-state index is 12.1. The quantitative estimate of drug-likeness (QED) is 0.807. The molecule has 0 saturated heterocycles. The van der Waals surface area contributed by atoms with Crippen LogP contribution in [-0.4, -0.2) is 11.7 Å². The third-order valence-electron chi connectivity index (χ3n) is 4.03. The van der Waals surface area contributed by atoms with Crippen LogP contribution in [0.4, 0.5) is 5.00 Å². The van der Waals surface area contributed by atoms with Gasteiger partial charge >= 0.3 is 0 Å². The summed E-state index contributed by atoms with van der Waals surface area (Å²) in [7, 11) is 0. The number of benzene rings is 1. The lowest BCUT2D eigenvalue weighted by atomic mass is 10.1. The van der Waals surface area contributed by atoms with Crippen LogP contribution in [0.1, 0.15) is 45.6 Å². The Balaban J connectivity index is 1.59. The summed E-state index contributed by atoms with van der Waals surface area (Å²) in [5.41, 5.74) is 2.21. The van der Waals surface area contributed by atoms with Crippen molar-refractivity contribution >= 4 is 39.6 Å². The normalized spacial score (nSPS) is 12.5. The molecule has 3 rings (SSSR count). The molecular weight excluding hydrogens is 344 g/mol. The van der Waals surface area contributed by atoms with Gasteiger partial charge in [-0.25, -0.2) is 0 Å². The Morgan fingerprint density at radius 1 is 1.21 bits per heavy atom. The van der Waals surface area contributed by atoms with E-state index in [1.165, 1.54) is 16.2 Å². The standard InChI is InChI=1S/C18H15ClN2O2S/c19-12-6-4-11(5-7-12)15(22)8-9-17(23)21-18-14(10-20)13-2-1-3-16(13)24-18/h4-7H,1-3,8-9H2,(H,21,23). The molecule has 0 aliphatic heterocycles. The molecule has 1 heterocycles. The van der Waals surface area contributed by atoms with Crippen molar-refractivity contribution in [2.24, 2.45) is 0 Å². The Hall–Kier alpha value is -2.16. The Kier molecular flexibility index (Phi) is 4.98. The Morgan fingerprint density at radius 2 is 1.96 bits per heavy atom. The summed E-state index contributed by atoms with van der Waals surface area (Å²) in [6, 6.07) is 8.81. The second-order valence-corrected chi connectivity index (χ2v) is 7.19.